The second-order valence-corrected chi connectivity index (χ2v) is 7.37. The molecule has 2 heterocycles. The summed E-state index contributed by atoms with van der Waals surface area (Å²) in [7, 11) is 4.19. The van der Waals surface area contributed by atoms with Crippen LogP contribution in [0.2, 0.25) is 0 Å². The van der Waals surface area contributed by atoms with Crippen molar-refractivity contribution in [3.05, 3.63) is 60.2 Å². The molecule has 1 N–H and O–H groups in total. The lowest BCUT2D eigenvalue weighted by molar-refractivity contribution is 0.314. The molecule has 5 nitrogen and oxygen atoms in total. The van der Waals surface area contributed by atoms with Gasteiger partial charge in [-0.25, -0.2) is 4.99 Å². The second kappa shape index (κ2) is 8.72. The van der Waals surface area contributed by atoms with Gasteiger partial charge in [-0.2, -0.15) is 0 Å². The summed E-state index contributed by atoms with van der Waals surface area (Å²) >= 11 is 0. The third-order valence-corrected chi connectivity index (χ3v) is 4.18. The summed E-state index contributed by atoms with van der Waals surface area (Å²) in [5.41, 5.74) is 4.55. The minimum absolute atomic E-state index is 0.0169. The molecule has 5 heteroatoms. The van der Waals surface area contributed by atoms with E-state index in [0.717, 1.165) is 35.5 Å². The molecule has 2 rings (SSSR count). The number of aliphatic imine (C=N–C) groups is 2. The third kappa shape index (κ3) is 5.77. The lowest BCUT2D eigenvalue weighted by Crippen LogP contribution is -2.41. The highest BCUT2D eigenvalue weighted by Crippen LogP contribution is 2.19. The average molecular weight is 351 g/mol. The fraction of sp³-hybridized carbons (Fsp3) is 0.381. The van der Waals surface area contributed by atoms with Crippen LogP contribution in [0.4, 0.5) is 0 Å². The van der Waals surface area contributed by atoms with Crippen LogP contribution >= 0.6 is 0 Å². The summed E-state index contributed by atoms with van der Waals surface area (Å²) in [6.45, 7) is 11.6. The van der Waals surface area contributed by atoms with Gasteiger partial charge in [0.05, 0.1) is 17.6 Å². The Morgan fingerprint density at radius 1 is 1.27 bits per heavy atom. The largest absolute Gasteiger partial charge is 0.383 e. The summed E-state index contributed by atoms with van der Waals surface area (Å²) in [4.78, 5) is 15.2. The topological polar surface area (TPSA) is 52.9 Å². The molecule has 0 saturated carbocycles. The van der Waals surface area contributed by atoms with Crippen LogP contribution in [0, 0.1) is 0 Å². The van der Waals surface area contributed by atoms with Crippen LogP contribution in [-0.4, -0.2) is 48.0 Å². The average Bonchev–Trinajstić information content (AvgIpc) is 2.61. The molecule has 0 fully saturated rings. The normalized spacial score (nSPS) is 17.7. The fourth-order valence-electron chi connectivity index (χ4n) is 2.69. The van der Waals surface area contributed by atoms with Crippen LogP contribution in [0.5, 0.6) is 0 Å². The van der Waals surface area contributed by atoms with Crippen molar-refractivity contribution in [2.24, 2.45) is 9.98 Å². The molecule has 1 aromatic rings. The Labute approximate surface area is 157 Å². The van der Waals surface area contributed by atoms with Crippen molar-refractivity contribution in [3.63, 3.8) is 0 Å². The van der Waals surface area contributed by atoms with E-state index in [-0.39, 0.29) is 5.54 Å². The number of pyridine rings is 1. The minimum atomic E-state index is -0.0169. The van der Waals surface area contributed by atoms with E-state index in [2.05, 4.69) is 61.6 Å². The number of rotatable bonds is 7. The predicted molar refractivity (Wildman–Crippen MR) is 111 cm³/mol. The molecule has 0 aliphatic carbocycles. The molecule has 0 unspecified atom stereocenters. The first kappa shape index (κ1) is 19.8. The van der Waals surface area contributed by atoms with Gasteiger partial charge < -0.3 is 10.2 Å². The van der Waals surface area contributed by atoms with Crippen molar-refractivity contribution < 1.29 is 0 Å². The van der Waals surface area contributed by atoms with Gasteiger partial charge in [0.1, 0.15) is 0 Å². The van der Waals surface area contributed by atoms with Gasteiger partial charge in [0, 0.05) is 41.0 Å². The van der Waals surface area contributed by atoms with Crippen molar-refractivity contribution in [3.8, 4) is 0 Å². The molecule has 1 aliphatic rings. The van der Waals surface area contributed by atoms with E-state index in [4.69, 9.17) is 4.99 Å². The number of hydrogen-bond acceptors (Lipinski definition) is 5. The lowest BCUT2D eigenvalue weighted by atomic mass is 9.98. The van der Waals surface area contributed by atoms with Crippen LogP contribution in [0.15, 0.2) is 64.6 Å². The molecule has 26 heavy (non-hydrogen) atoms. The maximum atomic E-state index is 4.70. The van der Waals surface area contributed by atoms with E-state index in [0.29, 0.717) is 5.70 Å². The van der Waals surface area contributed by atoms with Crippen LogP contribution in [0.1, 0.15) is 32.8 Å². The molecule has 0 atom stereocenters. The monoisotopic (exact) mass is 351 g/mol. The van der Waals surface area contributed by atoms with Gasteiger partial charge in [0.25, 0.3) is 0 Å². The standard InChI is InChI=1S/C21H29N5/c1-16(18-7-11-22-12-8-18)24-20-15-23-13-9-19(20)17(2)25-21(3,4)10-14-26(5)6/h7-9,11-13,15,25H,1,10,14H2,2-6H3/b19-17+,24-20-. The first-order valence-corrected chi connectivity index (χ1v) is 8.80. The fourth-order valence-corrected chi connectivity index (χ4v) is 2.69. The minimum Gasteiger partial charge on any atom is -0.383 e. The zero-order valence-electron chi connectivity index (χ0n) is 16.5. The van der Waals surface area contributed by atoms with E-state index in [9.17, 15) is 0 Å². The van der Waals surface area contributed by atoms with Crippen molar-refractivity contribution in [2.75, 3.05) is 20.6 Å². The molecule has 0 bridgehead atoms. The highest BCUT2D eigenvalue weighted by atomic mass is 15.1. The maximum absolute atomic E-state index is 4.70. The molecule has 1 aromatic heterocycles. The van der Waals surface area contributed by atoms with Crippen molar-refractivity contribution in [2.45, 2.75) is 32.7 Å². The second-order valence-electron chi connectivity index (χ2n) is 7.37. The predicted octanol–water partition coefficient (Wildman–Crippen LogP) is 3.69. The van der Waals surface area contributed by atoms with E-state index >= 15 is 0 Å². The Balaban J connectivity index is 2.23. The molecule has 0 aromatic carbocycles. The van der Waals surface area contributed by atoms with Crippen LogP contribution in [0.25, 0.3) is 5.70 Å². The zero-order valence-corrected chi connectivity index (χ0v) is 16.5. The number of nitrogens with zero attached hydrogens (tertiary/aromatic N) is 4. The first-order valence-electron chi connectivity index (χ1n) is 8.80. The van der Waals surface area contributed by atoms with E-state index < -0.39 is 0 Å². The SMILES string of the molecule is C=C(/N=C1/C=NC=C/C1=C(/C)NC(C)(C)CCN(C)C)c1ccncc1. The Hall–Kier alpha value is -2.53. The molecule has 1 aliphatic heterocycles. The third-order valence-electron chi connectivity index (χ3n) is 4.18. The molecular weight excluding hydrogens is 322 g/mol. The summed E-state index contributed by atoms with van der Waals surface area (Å²) in [5, 5.41) is 3.64. The molecule has 0 spiro atoms. The lowest BCUT2D eigenvalue weighted by Gasteiger charge is -2.30. The Morgan fingerprint density at radius 3 is 2.62 bits per heavy atom. The van der Waals surface area contributed by atoms with Crippen LogP contribution < -0.4 is 5.32 Å². The molecule has 0 amide bonds. The first-order chi connectivity index (χ1) is 12.3. The van der Waals surface area contributed by atoms with E-state index in [1.807, 2.05) is 18.2 Å². The molecule has 0 saturated heterocycles. The summed E-state index contributed by atoms with van der Waals surface area (Å²) in [6.07, 6.45) is 10.1. The summed E-state index contributed by atoms with van der Waals surface area (Å²) < 4.78 is 0. The van der Waals surface area contributed by atoms with Gasteiger partial charge in [-0.3, -0.25) is 9.98 Å². The zero-order chi connectivity index (χ0) is 19.2. The Morgan fingerprint density at radius 2 is 1.96 bits per heavy atom. The van der Waals surface area contributed by atoms with Gasteiger partial charge in [-0.05, 0) is 66.0 Å². The number of aromatic nitrogens is 1. The smallest absolute Gasteiger partial charge is 0.0909 e. The Kier molecular flexibility index (Phi) is 6.64. The van der Waals surface area contributed by atoms with Crippen LogP contribution in [-0.2, 0) is 0 Å². The number of allylic oxidation sites excluding steroid dienone is 3. The van der Waals surface area contributed by atoms with Gasteiger partial charge in [0.15, 0.2) is 0 Å². The number of hydrogen-bond donors (Lipinski definition) is 1. The summed E-state index contributed by atoms with van der Waals surface area (Å²) in [6, 6.07) is 3.81. The molecule has 138 valence electrons. The van der Waals surface area contributed by atoms with Gasteiger partial charge in [-0.1, -0.05) is 6.58 Å². The highest BCUT2D eigenvalue weighted by molar-refractivity contribution is 6.40. The quantitative estimate of drug-likeness (QED) is 0.815. The van der Waals surface area contributed by atoms with E-state index in [1.165, 1.54) is 0 Å². The van der Waals surface area contributed by atoms with E-state index in [1.54, 1.807) is 24.8 Å². The van der Waals surface area contributed by atoms with Gasteiger partial charge >= 0.3 is 0 Å². The number of nitrogens with one attached hydrogen (secondary N) is 1. The van der Waals surface area contributed by atoms with Gasteiger partial charge in [-0.15, -0.1) is 0 Å². The van der Waals surface area contributed by atoms with Crippen LogP contribution in [0.3, 0.4) is 0 Å². The van der Waals surface area contributed by atoms with Gasteiger partial charge in [0.2, 0.25) is 0 Å². The Bertz CT molecular complexity index is 752. The van der Waals surface area contributed by atoms with Crippen molar-refractivity contribution in [1.29, 1.82) is 0 Å². The summed E-state index contributed by atoms with van der Waals surface area (Å²) in [5.74, 6) is 0. The van der Waals surface area contributed by atoms with Crippen molar-refractivity contribution >= 4 is 17.6 Å². The maximum Gasteiger partial charge on any atom is 0.0909 e. The molecule has 0 radical (unpaired) electrons. The highest BCUT2D eigenvalue weighted by Gasteiger charge is 2.20. The molecular formula is C21H29N5. The van der Waals surface area contributed by atoms with Crippen molar-refractivity contribution in [1.82, 2.24) is 15.2 Å².